The monoisotopic (exact) mass is 327 g/mol. The smallest absolute Gasteiger partial charge is 0.417 e. The van der Waals surface area contributed by atoms with Gasteiger partial charge < -0.3 is 4.74 Å². The maximum atomic E-state index is 12.5. The maximum absolute atomic E-state index is 12.5. The van der Waals surface area contributed by atoms with Gasteiger partial charge in [-0.2, -0.15) is 18.3 Å². The lowest BCUT2D eigenvalue weighted by atomic mass is 10.1. The lowest BCUT2D eigenvalue weighted by Crippen LogP contribution is -2.10. The maximum Gasteiger partial charge on any atom is 0.417 e. The zero-order valence-corrected chi connectivity index (χ0v) is 12.7. The number of aromatic nitrogens is 3. The molecule has 0 atom stereocenters. The molecule has 8 heteroatoms. The predicted octanol–water partition coefficient (Wildman–Crippen LogP) is 2.80. The van der Waals surface area contributed by atoms with E-state index < -0.39 is 17.7 Å². The SMILES string of the molecule is CCOC(=O)c1cnn(C)c1CCc1ccc(C(F)(F)F)cn1. The standard InChI is InChI=1S/C15H16F3N3O2/c1-3-23-14(22)12-9-20-21(2)13(12)7-6-11-5-4-10(8-19-11)15(16,17)18/h4-5,8-9H,3,6-7H2,1-2H3. The van der Waals surface area contributed by atoms with E-state index in [0.717, 1.165) is 12.3 Å². The van der Waals surface area contributed by atoms with Crippen molar-refractivity contribution in [3.05, 3.63) is 47.0 Å². The van der Waals surface area contributed by atoms with Crippen LogP contribution in [0, 0.1) is 0 Å². The van der Waals surface area contributed by atoms with Crippen molar-refractivity contribution in [3.63, 3.8) is 0 Å². The molecule has 0 N–H and O–H groups in total. The zero-order valence-electron chi connectivity index (χ0n) is 12.7. The summed E-state index contributed by atoms with van der Waals surface area (Å²) in [4.78, 5) is 15.6. The lowest BCUT2D eigenvalue weighted by molar-refractivity contribution is -0.137. The quantitative estimate of drug-likeness (QED) is 0.793. The molecule has 0 saturated heterocycles. The van der Waals surface area contributed by atoms with Gasteiger partial charge in [-0.15, -0.1) is 0 Å². The molecule has 2 rings (SSSR count). The number of ether oxygens (including phenoxy) is 1. The molecule has 124 valence electrons. The minimum atomic E-state index is -4.40. The first-order valence-corrected chi connectivity index (χ1v) is 7.03. The highest BCUT2D eigenvalue weighted by molar-refractivity contribution is 5.90. The Morgan fingerprint density at radius 1 is 1.26 bits per heavy atom. The number of halogens is 3. The van der Waals surface area contributed by atoms with Gasteiger partial charge in [-0.3, -0.25) is 9.67 Å². The summed E-state index contributed by atoms with van der Waals surface area (Å²) in [5.74, 6) is -0.462. The van der Waals surface area contributed by atoms with Gasteiger partial charge in [0.05, 0.1) is 24.1 Å². The van der Waals surface area contributed by atoms with Crippen LogP contribution in [0.25, 0.3) is 0 Å². The van der Waals surface area contributed by atoms with Gasteiger partial charge in [-0.05, 0) is 31.9 Å². The van der Waals surface area contributed by atoms with Crippen LogP contribution >= 0.6 is 0 Å². The number of carbonyl (C=O) groups is 1. The number of hydrogen-bond donors (Lipinski definition) is 0. The van der Waals surface area contributed by atoms with E-state index in [2.05, 4.69) is 10.1 Å². The normalized spacial score (nSPS) is 11.5. The average Bonchev–Trinajstić information content (AvgIpc) is 2.86. The summed E-state index contributed by atoms with van der Waals surface area (Å²) in [7, 11) is 1.69. The Labute approximate surface area is 131 Å². The Hall–Kier alpha value is -2.38. The van der Waals surface area contributed by atoms with Crippen LogP contribution < -0.4 is 0 Å². The van der Waals surface area contributed by atoms with Crippen molar-refractivity contribution in [1.82, 2.24) is 14.8 Å². The molecule has 0 amide bonds. The zero-order chi connectivity index (χ0) is 17.0. The van der Waals surface area contributed by atoms with Crippen LogP contribution in [-0.4, -0.2) is 27.3 Å². The van der Waals surface area contributed by atoms with E-state index in [9.17, 15) is 18.0 Å². The highest BCUT2D eigenvalue weighted by Crippen LogP contribution is 2.28. The summed E-state index contributed by atoms with van der Waals surface area (Å²) < 4.78 is 44.0. The number of esters is 1. The van der Waals surface area contributed by atoms with Crippen LogP contribution in [-0.2, 0) is 30.8 Å². The van der Waals surface area contributed by atoms with E-state index in [4.69, 9.17) is 4.74 Å². The largest absolute Gasteiger partial charge is 0.462 e. The van der Waals surface area contributed by atoms with Crippen molar-refractivity contribution >= 4 is 5.97 Å². The van der Waals surface area contributed by atoms with E-state index in [1.54, 1.807) is 18.7 Å². The third-order valence-corrected chi connectivity index (χ3v) is 3.33. The minimum absolute atomic E-state index is 0.258. The van der Waals surface area contributed by atoms with Crippen molar-refractivity contribution < 1.29 is 22.7 Å². The third kappa shape index (κ3) is 4.08. The molecule has 2 aromatic heterocycles. The summed E-state index contributed by atoms with van der Waals surface area (Å²) in [5.41, 5.74) is 0.745. The van der Waals surface area contributed by atoms with Crippen LogP contribution in [0.4, 0.5) is 13.2 Å². The Kier molecular flexibility index (Phi) is 5.02. The molecule has 2 heterocycles. The van der Waals surface area contributed by atoms with Gasteiger partial charge in [-0.25, -0.2) is 4.79 Å². The molecule has 0 unspecified atom stereocenters. The fourth-order valence-corrected chi connectivity index (χ4v) is 2.13. The van der Waals surface area contributed by atoms with E-state index in [0.29, 0.717) is 29.8 Å². The van der Waals surface area contributed by atoms with E-state index >= 15 is 0 Å². The molecule has 2 aromatic rings. The number of nitrogens with zero attached hydrogens (tertiary/aromatic N) is 3. The summed E-state index contributed by atoms with van der Waals surface area (Å²) >= 11 is 0. The molecule has 0 aliphatic rings. The van der Waals surface area contributed by atoms with Crippen molar-refractivity contribution in [3.8, 4) is 0 Å². The van der Waals surface area contributed by atoms with Gasteiger partial charge in [0.1, 0.15) is 5.56 Å². The van der Waals surface area contributed by atoms with Gasteiger partial charge in [0, 0.05) is 18.9 Å². The minimum Gasteiger partial charge on any atom is -0.462 e. The molecule has 23 heavy (non-hydrogen) atoms. The first-order chi connectivity index (χ1) is 10.8. The van der Waals surface area contributed by atoms with Gasteiger partial charge in [0.25, 0.3) is 0 Å². The van der Waals surface area contributed by atoms with Crippen molar-refractivity contribution in [2.45, 2.75) is 25.9 Å². The van der Waals surface area contributed by atoms with Crippen LogP contribution in [0.15, 0.2) is 24.5 Å². The second-order valence-electron chi connectivity index (χ2n) is 4.88. The number of carbonyl (C=O) groups excluding carboxylic acids is 1. The average molecular weight is 327 g/mol. The Balaban J connectivity index is 2.09. The van der Waals surface area contributed by atoms with Crippen LogP contribution in [0.1, 0.15) is 34.2 Å². The van der Waals surface area contributed by atoms with Gasteiger partial charge in [0.15, 0.2) is 0 Å². The fourth-order valence-electron chi connectivity index (χ4n) is 2.13. The summed E-state index contributed by atoms with van der Waals surface area (Å²) in [6, 6.07) is 2.33. The number of aryl methyl sites for hydroxylation is 2. The number of alkyl halides is 3. The summed E-state index contributed by atoms with van der Waals surface area (Å²) in [6.45, 7) is 1.97. The van der Waals surface area contributed by atoms with Crippen molar-refractivity contribution in [1.29, 1.82) is 0 Å². The van der Waals surface area contributed by atoms with Crippen molar-refractivity contribution in [2.24, 2.45) is 7.05 Å². The molecular formula is C15H16F3N3O2. The van der Waals surface area contributed by atoms with E-state index in [1.807, 2.05) is 0 Å². The molecular weight excluding hydrogens is 311 g/mol. The van der Waals surface area contributed by atoms with Crippen LogP contribution in [0.3, 0.4) is 0 Å². The first kappa shape index (κ1) is 17.0. The Morgan fingerprint density at radius 2 is 2.00 bits per heavy atom. The van der Waals surface area contributed by atoms with Gasteiger partial charge in [0.2, 0.25) is 0 Å². The molecule has 0 spiro atoms. The molecule has 0 aromatic carbocycles. The summed E-state index contributed by atoms with van der Waals surface area (Å²) in [6.07, 6.45) is -1.35. The number of rotatable bonds is 5. The topological polar surface area (TPSA) is 57.0 Å². The Bertz CT molecular complexity index is 678. The summed E-state index contributed by atoms with van der Waals surface area (Å²) in [5, 5.41) is 4.03. The van der Waals surface area contributed by atoms with Crippen LogP contribution in [0.5, 0.6) is 0 Å². The van der Waals surface area contributed by atoms with E-state index in [-0.39, 0.29) is 6.61 Å². The third-order valence-electron chi connectivity index (χ3n) is 3.33. The molecule has 0 bridgehead atoms. The number of pyridine rings is 1. The second-order valence-corrected chi connectivity index (χ2v) is 4.88. The Morgan fingerprint density at radius 3 is 2.57 bits per heavy atom. The first-order valence-electron chi connectivity index (χ1n) is 7.03. The van der Waals surface area contributed by atoms with Gasteiger partial charge >= 0.3 is 12.1 Å². The second kappa shape index (κ2) is 6.80. The predicted molar refractivity (Wildman–Crippen MR) is 75.8 cm³/mol. The highest BCUT2D eigenvalue weighted by Gasteiger charge is 2.30. The van der Waals surface area contributed by atoms with Crippen molar-refractivity contribution in [2.75, 3.05) is 6.61 Å². The number of hydrogen-bond acceptors (Lipinski definition) is 4. The molecule has 0 aliphatic heterocycles. The van der Waals surface area contributed by atoms with Gasteiger partial charge in [-0.1, -0.05) is 0 Å². The lowest BCUT2D eigenvalue weighted by Gasteiger charge is -2.08. The highest BCUT2D eigenvalue weighted by atomic mass is 19.4. The van der Waals surface area contributed by atoms with E-state index in [1.165, 1.54) is 12.3 Å². The fraction of sp³-hybridized carbons (Fsp3) is 0.400. The molecule has 0 radical (unpaired) electrons. The molecule has 0 saturated carbocycles. The molecule has 5 nitrogen and oxygen atoms in total. The molecule has 0 fully saturated rings. The van der Waals surface area contributed by atoms with Crippen LogP contribution in [0.2, 0.25) is 0 Å². The molecule has 0 aliphatic carbocycles.